The molecule has 0 bridgehead atoms. The molecule has 27 heavy (non-hydrogen) atoms. The minimum Gasteiger partial charge on any atom is -0.465 e. The number of ether oxygens (including phenoxy) is 1. The third-order valence-corrected chi connectivity index (χ3v) is 4.68. The molecule has 0 aromatic heterocycles. The fourth-order valence-electron chi connectivity index (χ4n) is 3.27. The lowest BCUT2D eigenvalue weighted by Gasteiger charge is -2.26. The van der Waals surface area contributed by atoms with Gasteiger partial charge in [0.2, 0.25) is 0 Å². The van der Waals surface area contributed by atoms with E-state index in [4.69, 9.17) is 4.74 Å². The first-order valence-corrected chi connectivity index (χ1v) is 8.59. The second-order valence-electron chi connectivity index (χ2n) is 6.32. The van der Waals surface area contributed by atoms with Crippen molar-refractivity contribution in [1.82, 2.24) is 4.90 Å². The number of esters is 1. The van der Waals surface area contributed by atoms with Gasteiger partial charge in [-0.15, -0.1) is 0 Å². The van der Waals surface area contributed by atoms with E-state index < -0.39 is 5.97 Å². The summed E-state index contributed by atoms with van der Waals surface area (Å²) in [6.07, 6.45) is 1.59. The number of allylic oxidation sites excluding steroid dienone is 1. The highest BCUT2D eigenvalue weighted by Crippen LogP contribution is 2.37. The molecule has 1 aliphatic rings. The van der Waals surface area contributed by atoms with E-state index in [1.165, 1.54) is 19.2 Å². The molecule has 4 nitrogen and oxygen atoms in total. The third-order valence-electron chi connectivity index (χ3n) is 4.68. The topological polar surface area (TPSA) is 46.6 Å². The Labute approximate surface area is 157 Å². The van der Waals surface area contributed by atoms with Gasteiger partial charge in [-0.25, -0.2) is 9.18 Å². The number of rotatable bonds is 4. The van der Waals surface area contributed by atoms with Crippen molar-refractivity contribution in [2.75, 3.05) is 7.11 Å². The van der Waals surface area contributed by atoms with Crippen LogP contribution in [0.3, 0.4) is 0 Å². The molecule has 138 valence electrons. The van der Waals surface area contributed by atoms with E-state index in [0.717, 1.165) is 5.56 Å². The number of hydrogen-bond donors (Lipinski definition) is 0. The molecule has 5 heteroatoms. The van der Waals surface area contributed by atoms with Crippen LogP contribution in [0.1, 0.15) is 31.0 Å². The van der Waals surface area contributed by atoms with E-state index in [2.05, 4.69) is 0 Å². The lowest BCUT2D eigenvalue weighted by molar-refractivity contribution is -0.136. The van der Waals surface area contributed by atoms with Crippen LogP contribution in [-0.2, 0) is 14.3 Å². The molecule has 0 fully saturated rings. The Kier molecular flexibility index (Phi) is 5.21. The van der Waals surface area contributed by atoms with E-state index in [1.807, 2.05) is 37.3 Å². The van der Waals surface area contributed by atoms with E-state index in [0.29, 0.717) is 11.3 Å². The normalized spacial score (nSPS) is 16.8. The van der Waals surface area contributed by atoms with Crippen molar-refractivity contribution in [1.29, 1.82) is 0 Å². The first kappa shape index (κ1) is 18.6. The number of carbonyl (C=O) groups excluding carboxylic acids is 2. The first-order valence-electron chi connectivity index (χ1n) is 8.59. The van der Waals surface area contributed by atoms with Gasteiger partial charge in [-0.3, -0.25) is 4.79 Å². The van der Waals surface area contributed by atoms with Crippen LogP contribution in [0, 0.1) is 5.82 Å². The zero-order valence-electron chi connectivity index (χ0n) is 15.4. The van der Waals surface area contributed by atoms with E-state index >= 15 is 0 Å². The zero-order chi connectivity index (χ0) is 19.6. The lowest BCUT2D eigenvalue weighted by atomic mass is 10.0. The molecule has 1 aliphatic heterocycles. The number of nitrogens with zero attached hydrogens (tertiary/aromatic N) is 1. The predicted octanol–water partition coefficient (Wildman–Crippen LogP) is 4.26. The summed E-state index contributed by atoms with van der Waals surface area (Å²) in [6, 6.07) is 15.1. The Bertz CT molecular complexity index is 930. The number of halogens is 1. The molecule has 0 aliphatic carbocycles. The molecule has 2 aromatic rings. The highest BCUT2D eigenvalue weighted by Gasteiger charge is 2.39. The molecule has 0 radical (unpaired) electrons. The average molecular weight is 365 g/mol. The number of amides is 1. The molecule has 0 spiro atoms. The van der Waals surface area contributed by atoms with E-state index in [1.54, 1.807) is 30.0 Å². The summed E-state index contributed by atoms with van der Waals surface area (Å²) in [7, 11) is 1.28. The van der Waals surface area contributed by atoms with Crippen LogP contribution < -0.4 is 0 Å². The molecule has 2 aromatic carbocycles. The quantitative estimate of drug-likeness (QED) is 0.601. The maximum absolute atomic E-state index is 13.2. The average Bonchev–Trinajstić information content (AvgIpc) is 2.93. The van der Waals surface area contributed by atoms with Crippen LogP contribution in [-0.4, -0.2) is 23.9 Å². The van der Waals surface area contributed by atoms with E-state index in [9.17, 15) is 14.0 Å². The summed E-state index contributed by atoms with van der Waals surface area (Å²) in [5.74, 6) is -1.22. The van der Waals surface area contributed by atoms with Gasteiger partial charge in [0, 0.05) is 5.70 Å². The van der Waals surface area contributed by atoms with Crippen molar-refractivity contribution in [2.24, 2.45) is 0 Å². The smallest absolute Gasteiger partial charge is 0.340 e. The molecule has 1 amide bonds. The zero-order valence-corrected chi connectivity index (χ0v) is 15.4. The summed E-state index contributed by atoms with van der Waals surface area (Å²) in [5.41, 5.74) is 2.60. The monoisotopic (exact) mass is 365 g/mol. The fourth-order valence-corrected chi connectivity index (χ4v) is 3.27. The molecule has 1 atom stereocenters. The largest absolute Gasteiger partial charge is 0.465 e. The summed E-state index contributed by atoms with van der Waals surface area (Å²) in [4.78, 5) is 27.1. The van der Waals surface area contributed by atoms with Crippen molar-refractivity contribution in [3.63, 3.8) is 0 Å². The van der Waals surface area contributed by atoms with Gasteiger partial charge in [-0.05, 0) is 43.2 Å². The van der Waals surface area contributed by atoms with Gasteiger partial charge in [0.25, 0.3) is 5.91 Å². The van der Waals surface area contributed by atoms with Crippen LogP contribution in [0.5, 0.6) is 0 Å². The third kappa shape index (κ3) is 3.53. The predicted molar refractivity (Wildman–Crippen MR) is 101 cm³/mol. The highest BCUT2D eigenvalue weighted by atomic mass is 19.1. The van der Waals surface area contributed by atoms with Gasteiger partial charge in [0.15, 0.2) is 0 Å². The van der Waals surface area contributed by atoms with Gasteiger partial charge in [-0.1, -0.05) is 42.5 Å². The maximum Gasteiger partial charge on any atom is 0.340 e. The van der Waals surface area contributed by atoms with Gasteiger partial charge in [-0.2, -0.15) is 0 Å². The van der Waals surface area contributed by atoms with Crippen molar-refractivity contribution in [3.8, 4) is 0 Å². The summed E-state index contributed by atoms with van der Waals surface area (Å²) in [5, 5.41) is 0. The van der Waals surface area contributed by atoms with Crippen molar-refractivity contribution in [2.45, 2.75) is 19.9 Å². The Hall–Kier alpha value is -3.21. The Morgan fingerprint density at radius 2 is 1.74 bits per heavy atom. The minimum absolute atomic E-state index is 0.231. The second-order valence-corrected chi connectivity index (χ2v) is 6.32. The van der Waals surface area contributed by atoms with Crippen LogP contribution in [0.2, 0.25) is 0 Å². The summed E-state index contributed by atoms with van der Waals surface area (Å²) >= 11 is 0. The summed E-state index contributed by atoms with van der Waals surface area (Å²) in [6.45, 7) is 3.64. The van der Waals surface area contributed by atoms with Crippen LogP contribution in [0.25, 0.3) is 6.08 Å². The molecule has 0 unspecified atom stereocenters. The van der Waals surface area contributed by atoms with E-state index in [-0.39, 0.29) is 28.9 Å². The standard InChI is InChI=1S/C22H20FNO3/c1-14(17-7-5-4-6-8-17)24-15(2)20(22(26)27-3)19(21(24)25)13-16-9-11-18(23)12-10-16/h4-14H,1-3H3/b19-13-/t14-/m0/s1. The Balaban J connectivity index is 2.08. The van der Waals surface area contributed by atoms with Crippen LogP contribution in [0.15, 0.2) is 71.4 Å². The number of benzene rings is 2. The van der Waals surface area contributed by atoms with Crippen molar-refractivity contribution >= 4 is 18.0 Å². The molecule has 0 saturated heterocycles. The highest BCUT2D eigenvalue weighted by molar-refractivity contribution is 6.16. The van der Waals surface area contributed by atoms with Crippen LogP contribution >= 0.6 is 0 Å². The molecular formula is C22H20FNO3. The fraction of sp³-hybridized carbons (Fsp3) is 0.182. The number of hydrogen-bond acceptors (Lipinski definition) is 3. The van der Waals surface area contributed by atoms with Crippen molar-refractivity contribution in [3.05, 3.63) is 88.4 Å². The SMILES string of the molecule is COC(=O)C1=C(C)N([C@@H](C)c2ccccc2)C(=O)/C1=C\c1ccc(F)cc1. The van der Waals surface area contributed by atoms with Crippen molar-refractivity contribution < 1.29 is 18.7 Å². The first-order chi connectivity index (χ1) is 12.9. The van der Waals surface area contributed by atoms with Gasteiger partial charge >= 0.3 is 5.97 Å². The maximum atomic E-state index is 13.2. The Morgan fingerprint density at radius 3 is 2.33 bits per heavy atom. The minimum atomic E-state index is -0.572. The molecular weight excluding hydrogens is 345 g/mol. The number of methoxy groups -OCH3 is 1. The summed E-state index contributed by atoms with van der Waals surface area (Å²) < 4.78 is 18.1. The molecule has 1 heterocycles. The molecule has 0 saturated carbocycles. The van der Waals surface area contributed by atoms with Gasteiger partial charge < -0.3 is 9.64 Å². The number of carbonyl (C=O) groups is 2. The lowest BCUT2D eigenvalue weighted by Crippen LogP contribution is -2.28. The molecule has 0 N–H and O–H groups in total. The molecule has 3 rings (SSSR count). The van der Waals surface area contributed by atoms with Gasteiger partial charge in [0.05, 0.1) is 24.3 Å². The van der Waals surface area contributed by atoms with Crippen LogP contribution in [0.4, 0.5) is 4.39 Å². The second kappa shape index (κ2) is 7.58. The van der Waals surface area contributed by atoms with Gasteiger partial charge in [0.1, 0.15) is 5.82 Å². The Morgan fingerprint density at radius 1 is 1.11 bits per heavy atom.